The maximum atomic E-state index is 4.04. The van der Waals surface area contributed by atoms with Crippen molar-refractivity contribution in [2.45, 2.75) is 101 Å². The zero-order valence-electron chi connectivity index (χ0n) is 15.4. The van der Waals surface area contributed by atoms with Crippen LogP contribution in [0.4, 0.5) is 0 Å². The molecule has 0 N–H and O–H groups in total. The molecule has 2 heteroatoms. The monoisotopic (exact) mass is 379 g/mol. The summed E-state index contributed by atoms with van der Waals surface area (Å²) in [6.07, 6.45) is 7.92. The van der Waals surface area contributed by atoms with Crippen LogP contribution in [0.2, 0.25) is 0 Å². The van der Waals surface area contributed by atoms with Crippen molar-refractivity contribution in [3.05, 3.63) is 0 Å². The van der Waals surface area contributed by atoms with Crippen LogP contribution < -0.4 is 0 Å². The largest absolute Gasteiger partial charge is 0.295 e. The third-order valence-corrected chi connectivity index (χ3v) is 1.97. The van der Waals surface area contributed by atoms with Gasteiger partial charge in [0.1, 0.15) is 0 Å². The van der Waals surface area contributed by atoms with Gasteiger partial charge in [-0.1, -0.05) is 80.1 Å². The van der Waals surface area contributed by atoms with Gasteiger partial charge in [0.2, 0.25) is 0 Å². The SMILES string of the molecule is CCCC.CCCC.CCCC.CCN=C(C)C.[Sn]. The molecule has 1 nitrogen and oxygen atoms in total. The van der Waals surface area contributed by atoms with Crippen molar-refractivity contribution in [1.29, 1.82) is 0 Å². The van der Waals surface area contributed by atoms with E-state index in [1.165, 1.54) is 38.5 Å². The van der Waals surface area contributed by atoms with Crippen LogP contribution in [0.3, 0.4) is 0 Å². The molecule has 0 heterocycles. The van der Waals surface area contributed by atoms with Gasteiger partial charge in [0.25, 0.3) is 0 Å². The molecule has 0 aliphatic carbocycles. The molecule has 0 spiro atoms. The second-order valence-electron chi connectivity index (χ2n) is 4.42. The van der Waals surface area contributed by atoms with E-state index in [-0.39, 0.29) is 23.9 Å². The fraction of sp³-hybridized carbons (Fsp3) is 0.941. The molecule has 0 atom stereocenters. The van der Waals surface area contributed by atoms with E-state index >= 15 is 0 Å². The Morgan fingerprint density at radius 2 is 0.789 bits per heavy atom. The number of unbranched alkanes of at least 4 members (excludes halogenated alkanes) is 3. The normalized spacial score (nSPS) is 7.21. The average molecular weight is 378 g/mol. The molecule has 0 amide bonds. The van der Waals surface area contributed by atoms with Crippen molar-refractivity contribution in [3.8, 4) is 0 Å². The van der Waals surface area contributed by atoms with E-state index in [0.29, 0.717) is 0 Å². The topological polar surface area (TPSA) is 12.4 Å². The maximum Gasteiger partial charge on any atom is 0.0360 e. The second kappa shape index (κ2) is 42.8. The fourth-order valence-corrected chi connectivity index (χ4v) is 0.316. The Hall–Kier alpha value is 0.469. The molecule has 118 valence electrons. The molecule has 0 rings (SSSR count). The van der Waals surface area contributed by atoms with Gasteiger partial charge in [0, 0.05) is 36.2 Å². The Kier molecular flexibility index (Phi) is 71.5. The van der Waals surface area contributed by atoms with E-state index < -0.39 is 0 Å². The van der Waals surface area contributed by atoms with Crippen LogP contribution in [0, 0.1) is 0 Å². The van der Waals surface area contributed by atoms with Crippen LogP contribution >= 0.6 is 0 Å². The van der Waals surface area contributed by atoms with Gasteiger partial charge in [0.15, 0.2) is 0 Å². The van der Waals surface area contributed by atoms with Crippen molar-refractivity contribution >= 4 is 29.6 Å². The Balaban J connectivity index is -0.0000000459. The minimum Gasteiger partial charge on any atom is -0.295 e. The van der Waals surface area contributed by atoms with E-state index in [1.54, 1.807) is 0 Å². The predicted molar refractivity (Wildman–Crippen MR) is 96.8 cm³/mol. The molecule has 0 saturated carbocycles. The summed E-state index contributed by atoms with van der Waals surface area (Å²) in [6, 6.07) is 0. The predicted octanol–water partition coefficient (Wildman–Crippen LogP) is 6.53. The van der Waals surface area contributed by atoms with Crippen LogP contribution in [-0.2, 0) is 0 Å². The number of hydrogen-bond acceptors (Lipinski definition) is 1. The van der Waals surface area contributed by atoms with Gasteiger partial charge in [0.05, 0.1) is 0 Å². The molecule has 0 bridgehead atoms. The van der Waals surface area contributed by atoms with Gasteiger partial charge in [-0.2, -0.15) is 0 Å². The molecule has 0 unspecified atom stereocenters. The van der Waals surface area contributed by atoms with Crippen molar-refractivity contribution in [3.63, 3.8) is 0 Å². The Morgan fingerprint density at radius 1 is 0.579 bits per heavy atom. The molecule has 19 heavy (non-hydrogen) atoms. The Morgan fingerprint density at radius 3 is 0.789 bits per heavy atom. The molecule has 4 radical (unpaired) electrons. The first kappa shape index (κ1) is 31.7. The first-order chi connectivity index (χ1) is 8.51. The average Bonchev–Trinajstić information content (AvgIpc) is 2.39. The molecular weight excluding hydrogens is 337 g/mol. The van der Waals surface area contributed by atoms with Crippen LogP contribution in [0.5, 0.6) is 0 Å². The summed E-state index contributed by atoms with van der Waals surface area (Å²) < 4.78 is 0. The molecular formula is C17H41NSn. The number of hydrogen-bond donors (Lipinski definition) is 0. The smallest absolute Gasteiger partial charge is 0.0360 e. The van der Waals surface area contributed by atoms with Crippen LogP contribution in [0.1, 0.15) is 101 Å². The Labute approximate surface area is 142 Å². The quantitative estimate of drug-likeness (QED) is 0.390. The first-order valence-electron chi connectivity index (χ1n) is 7.99. The van der Waals surface area contributed by atoms with Gasteiger partial charge in [-0.05, 0) is 20.8 Å². The van der Waals surface area contributed by atoms with Gasteiger partial charge < -0.3 is 0 Å². The summed E-state index contributed by atoms with van der Waals surface area (Å²) in [4.78, 5) is 4.04. The summed E-state index contributed by atoms with van der Waals surface area (Å²) in [6.45, 7) is 20.0. The van der Waals surface area contributed by atoms with Gasteiger partial charge in [-0.25, -0.2) is 0 Å². The van der Waals surface area contributed by atoms with Crippen molar-refractivity contribution in [2.75, 3.05) is 6.54 Å². The number of rotatable bonds is 4. The van der Waals surface area contributed by atoms with E-state index in [4.69, 9.17) is 0 Å². The summed E-state index contributed by atoms with van der Waals surface area (Å²) in [5.74, 6) is 0. The van der Waals surface area contributed by atoms with Gasteiger partial charge >= 0.3 is 0 Å². The minimum absolute atomic E-state index is 0. The van der Waals surface area contributed by atoms with Gasteiger partial charge in [-0.15, -0.1) is 0 Å². The molecule has 0 fully saturated rings. The van der Waals surface area contributed by atoms with E-state index in [0.717, 1.165) is 12.3 Å². The summed E-state index contributed by atoms with van der Waals surface area (Å²) >= 11 is 0. The van der Waals surface area contributed by atoms with E-state index in [1.807, 2.05) is 20.8 Å². The van der Waals surface area contributed by atoms with Crippen LogP contribution in [-0.4, -0.2) is 36.2 Å². The standard InChI is InChI=1S/C5H11N.3C4H10.Sn/c1-4-6-5(2)3;3*1-3-4-2;/h4H2,1-3H3;3*3-4H2,1-2H3;. The minimum atomic E-state index is 0. The van der Waals surface area contributed by atoms with E-state index in [2.05, 4.69) is 46.5 Å². The summed E-state index contributed by atoms with van der Waals surface area (Å²) in [5.41, 5.74) is 1.16. The summed E-state index contributed by atoms with van der Waals surface area (Å²) in [5, 5.41) is 0. The first-order valence-corrected chi connectivity index (χ1v) is 7.99. The van der Waals surface area contributed by atoms with Crippen molar-refractivity contribution in [1.82, 2.24) is 0 Å². The molecule has 0 aromatic carbocycles. The molecule has 0 aromatic heterocycles. The Bertz CT molecular complexity index is 103. The van der Waals surface area contributed by atoms with Gasteiger partial charge in [-0.3, -0.25) is 4.99 Å². The molecule has 0 aliphatic rings. The van der Waals surface area contributed by atoms with Crippen molar-refractivity contribution < 1.29 is 0 Å². The van der Waals surface area contributed by atoms with Crippen LogP contribution in [0.15, 0.2) is 4.99 Å². The fourth-order valence-electron chi connectivity index (χ4n) is 0.316. The van der Waals surface area contributed by atoms with Crippen LogP contribution in [0.25, 0.3) is 0 Å². The molecule has 0 saturated heterocycles. The third-order valence-electron chi connectivity index (χ3n) is 1.97. The zero-order valence-corrected chi connectivity index (χ0v) is 18.3. The van der Waals surface area contributed by atoms with E-state index in [9.17, 15) is 0 Å². The second-order valence-corrected chi connectivity index (χ2v) is 4.42. The maximum absolute atomic E-state index is 4.04. The van der Waals surface area contributed by atoms with Crippen molar-refractivity contribution in [2.24, 2.45) is 4.99 Å². The number of nitrogens with zero attached hydrogens (tertiary/aromatic N) is 1. The zero-order chi connectivity index (χ0) is 15.2. The number of aliphatic imine (C=N–C) groups is 1. The summed E-state index contributed by atoms with van der Waals surface area (Å²) in [7, 11) is 0. The molecule has 0 aromatic rings. The molecule has 0 aliphatic heterocycles. The third kappa shape index (κ3) is 120.